The zero-order valence-electron chi connectivity index (χ0n) is 13.3. The van der Waals surface area contributed by atoms with E-state index in [-0.39, 0.29) is 5.91 Å². The molecule has 0 unspecified atom stereocenters. The van der Waals surface area contributed by atoms with Crippen LogP contribution in [0.25, 0.3) is 0 Å². The van der Waals surface area contributed by atoms with Crippen molar-refractivity contribution in [1.29, 1.82) is 0 Å². The summed E-state index contributed by atoms with van der Waals surface area (Å²) in [5.74, 6) is -0.0466. The lowest BCUT2D eigenvalue weighted by Crippen LogP contribution is -2.52. The molecule has 24 heavy (non-hydrogen) atoms. The molecule has 0 spiro atoms. The second-order valence-corrected chi connectivity index (χ2v) is 6.60. The molecule has 1 aromatic carbocycles. The molecule has 3 fully saturated rings. The van der Waals surface area contributed by atoms with Gasteiger partial charge in [-0.2, -0.15) is 0 Å². The molecule has 4 rings (SSSR count). The second kappa shape index (κ2) is 6.76. The third-order valence-electron chi connectivity index (χ3n) is 4.58. The summed E-state index contributed by atoms with van der Waals surface area (Å²) in [4.78, 5) is 17.3. The molecule has 3 heterocycles. The number of thiocarbonyl (C=S) groups is 1. The maximum atomic E-state index is 12.7. The normalized spacial score (nSPS) is 29.8. The molecule has 3 aliphatic heterocycles. The highest BCUT2D eigenvalue weighted by atomic mass is 32.1. The summed E-state index contributed by atoms with van der Waals surface area (Å²) in [7, 11) is 0. The SMILES string of the molecule is O=C([C@@H]1O[C@H]2CN(Cc3ccccc3)C(=S)[C@@H]1O2)N1CCOCC1. The first-order valence-electron chi connectivity index (χ1n) is 8.22. The monoisotopic (exact) mass is 348 g/mol. The van der Waals surface area contributed by atoms with Gasteiger partial charge in [0.25, 0.3) is 5.91 Å². The zero-order valence-corrected chi connectivity index (χ0v) is 14.1. The molecule has 0 aliphatic carbocycles. The first-order valence-corrected chi connectivity index (χ1v) is 8.63. The van der Waals surface area contributed by atoms with Gasteiger partial charge in [-0.1, -0.05) is 42.5 Å². The lowest BCUT2D eigenvalue weighted by atomic mass is 10.1. The van der Waals surface area contributed by atoms with Crippen molar-refractivity contribution >= 4 is 23.1 Å². The molecule has 3 aliphatic rings. The van der Waals surface area contributed by atoms with Crippen LogP contribution in [0.15, 0.2) is 30.3 Å². The van der Waals surface area contributed by atoms with Crippen LogP contribution in [0.2, 0.25) is 0 Å². The van der Waals surface area contributed by atoms with Gasteiger partial charge in [0.2, 0.25) is 0 Å². The summed E-state index contributed by atoms with van der Waals surface area (Å²) in [6, 6.07) is 10.1. The third-order valence-corrected chi connectivity index (χ3v) is 5.07. The van der Waals surface area contributed by atoms with E-state index in [0.717, 1.165) is 0 Å². The van der Waals surface area contributed by atoms with Crippen molar-refractivity contribution in [3.05, 3.63) is 35.9 Å². The van der Waals surface area contributed by atoms with E-state index < -0.39 is 18.5 Å². The Balaban J connectivity index is 1.46. The van der Waals surface area contributed by atoms with Crippen LogP contribution in [-0.2, 0) is 25.5 Å². The molecule has 6 nitrogen and oxygen atoms in total. The third kappa shape index (κ3) is 3.04. The first-order chi connectivity index (χ1) is 11.7. The van der Waals surface area contributed by atoms with Gasteiger partial charge in [-0.05, 0) is 5.56 Å². The van der Waals surface area contributed by atoms with E-state index in [4.69, 9.17) is 26.4 Å². The molecular weight excluding hydrogens is 328 g/mol. The smallest absolute Gasteiger partial charge is 0.255 e. The average Bonchev–Trinajstić information content (AvgIpc) is 3.00. The Morgan fingerprint density at radius 1 is 1.17 bits per heavy atom. The fraction of sp³-hybridized carbons (Fsp3) is 0.529. The molecule has 7 heteroatoms. The first kappa shape index (κ1) is 16.0. The van der Waals surface area contributed by atoms with E-state index in [1.807, 2.05) is 18.2 Å². The minimum atomic E-state index is -0.638. The maximum absolute atomic E-state index is 12.7. The van der Waals surface area contributed by atoms with Crippen LogP contribution in [0.3, 0.4) is 0 Å². The van der Waals surface area contributed by atoms with Gasteiger partial charge >= 0.3 is 0 Å². The number of carbonyl (C=O) groups is 1. The summed E-state index contributed by atoms with van der Waals surface area (Å²) >= 11 is 5.60. The van der Waals surface area contributed by atoms with E-state index in [1.54, 1.807) is 4.90 Å². The number of morpholine rings is 2. The van der Waals surface area contributed by atoms with Crippen LogP contribution < -0.4 is 0 Å². The Hall–Kier alpha value is -1.54. The molecule has 128 valence electrons. The number of benzene rings is 1. The number of hydrogen-bond acceptors (Lipinski definition) is 5. The molecule has 0 N–H and O–H groups in total. The molecule has 0 aromatic heterocycles. The lowest BCUT2D eigenvalue weighted by Gasteiger charge is -2.34. The van der Waals surface area contributed by atoms with Crippen molar-refractivity contribution in [2.24, 2.45) is 0 Å². The van der Waals surface area contributed by atoms with Crippen LogP contribution in [-0.4, -0.2) is 72.0 Å². The fourth-order valence-electron chi connectivity index (χ4n) is 3.32. The van der Waals surface area contributed by atoms with E-state index >= 15 is 0 Å². The quantitative estimate of drug-likeness (QED) is 0.753. The number of ether oxygens (including phenoxy) is 3. The predicted octanol–water partition coefficient (Wildman–Crippen LogP) is 0.798. The summed E-state index contributed by atoms with van der Waals surface area (Å²) < 4.78 is 17.0. The average molecular weight is 348 g/mol. The van der Waals surface area contributed by atoms with E-state index in [0.29, 0.717) is 44.4 Å². The van der Waals surface area contributed by atoms with Gasteiger partial charge < -0.3 is 24.0 Å². The Kier molecular flexibility index (Phi) is 4.49. The van der Waals surface area contributed by atoms with E-state index in [2.05, 4.69) is 17.0 Å². The van der Waals surface area contributed by atoms with Crippen LogP contribution in [0.4, 0.5) is 0 Å². The zero-order chi connectivity index (χ0) is 16.5. The standard InChI is InChI=1S/C17H20N2O4S/c20-16(18-6-8-21-9-7-18)14-15-17(24)19(11-13(22-14)23-15)10-12-4-2-1-3-5-12/h1-5,13-15H,6-11H2/t13-,14-,15-/m1/s1. The molecule has 1 aromatic rings. The molecular formula is C17H20N2O4S. The Bertz CT molecular complexity index is 620. The fourth-order valence-corrected chi connectivity index (χ4v) is 3.64. The minimum Gasteiger partial charge on any atom is -0.378 e. The lowest BCUT2D eigenvalue weighted by molar-refractivity contribution is -0.148. The van der Waals surface area contributed by atoms with Gasteiger partial charge in [0.15, 0.2) is 12.4 Å². The highest BCUT2D eigenvalue weighted by Crippen LogP contribution is 2.30. The number of carbonyl (C=O) groups excluding carboxylic acids is 1. The maximum Gasteiger partial charge on any atom is 0.255 e. The predicted molar refractivity (Wildman–Crippen MR) is 90.4 cm³/mol. The van der Waals surface area contributed by atoms with Gasteiger partial charge in [-0.25, -0.2) is 0 Å². The van der Waals surface area contributed by atoms with Crippen LogP contribution in [0.1, 0.15) is 5.56 Å². The van der Waals surface area contributed by atoms with Gasteiger partial charge in [-0.3, -0.25) is 4.79 Å². The number of fused-ring (bicyclic) bond motifs is 2. The van der Waals surface area contributed by atoms with Gasteiger partial charge in [-0.15, -0.1) is 0 Å². The Morgan fingerprint density at radius 2 is 1.92 bits per heavy atom. The van der Waals surface area contributed by atoms with E-state index in [9.17, 15) is 4.79 Å². The van der Waals surface area contributed by atoms with Crippen molar-refractivity contribution in [1.82, 2.24) is 9.80 Å². The van der Waals surface area contributed by atoms with Gasteiger partial charge in [0.1, 0.15) is 11.1 Å². The van der Waals surface area contributed by atoms with Gasteiger partial charge in [0.05, 0.1) is 19.8 Å². The molecule has 3 saturated heterocycles. The minimum absolute atomic E-state index is 0.0466. The van der Waals surface area contributed by atoms with Crippen molar-refractivity contribution in [2.75, 3.05) is 32.8 Å². The van der Waals surface area contributed by atoms with Crippen molar-refractivity contribution in [3.63, 3.8) is 0 Å². The molecule has 1 amide bonds. The van der Waals surface area contributed by atoms with Crippen LogP contribution in [0.5, 0.6) is 0 Å². The largest absolute Gasteiger partial charge is 0.378 e. The van der Waals surface area contributed by atoms with Crippen LogP contribution in [0, 0.1) is 0 Å². The van der Waals surface area contributed by atoms with Crippen molar-refractivity contribution < 1.29 is 19.0 Å². The number of nitrogens with zero attached hydrogens (tertiary/aromatic N) is 2. The summed E-state index contributed by atoms with van der Waals surface area (Å²) in [5, 5.41) is 0. The Morgan fingerprint density at radius 3 is 2.67 bits per heavy atom. The second-order valence-electron chi connectivity index (χ2n) is 6.18. The molecule has 0 saturated carbocycles. The van der Waals surface area contributed by atoms with E-state index in [1.165, 1.54) is 5.56 Å². The molecule has 2 bridgehead atoms. The van der Waals surface area contributed by atoms with Crippen molar-refractivity contribution in [3.8, 4) is 0 Å². The highest BCUT2D eigenvalue weighted by molar-refractivity contribution is 7.80. The summed E-state index contributed by atoms with van der Waals surface area (Å²) in [6.07, 6.45) is -1.51. The number of amides is 1. The highest BCUT2D eigenvalue weighted by Gasteiger charge is 2.50. The topological polar surface area (TPSA) is 51.2 Å². The number of rotatable bonds is 3. The summed E-state index contributed by atoms with van der Waals surface area (Å²) in [5.41, 5.74) is 1.18. The Labute approximate surface area is 146 Å². The molecule has 0 radical (unpaired) electrons. The number of hydrogen-bond donors (Lipinski definition) is 0. The van der Waals surface area contributed by atoms with Crippen LogP contribution >= 0.6 is 12.2 Å². The molecule has 3 atom stereocenters. The van der Waals surface area contributed by atoms with Crippen molar-refractivity contribution in [2.45, 2.75) is 25.0 Å². The summed E-state index contributed by atoms with van der Waals surface area (Å²) in [6.45, 7) is 3.58. The van der Waals surface area contributed by atoms with Gasteiger partial charge in [0, 0.05) is 19.6 Å².